The Morgan fingerprint density at radius 1 is 1.11 bits per heavy atom. The summed E-state index contributed by atoms with van der Waals surface area (Å²) in [5, 5.41) is 7.94. The Bertz CT molecular complexity index is 579. The monoisotopic (exact) mass is 340 g/mol. The molecule has 0 aliphatic heterocycles. The lowest BCUT2D eigenvalue weighted by Crippen LogP contribution is -2.10. The maximum Gasteiger partial charge on any atom is 0.238 e. The predicted octanol–water partition coefficient (Wildman–Crippen LogP) is 4.98. The summed E-state index contributed by atoms with van der Waals surface area (Å²) in [6, 6.07) is 9.34. The fourth-order valence-electron chi connectivity index (χ4n) is 1.52. The molecule has 0 amide bonds. The highest BCUT2D eigenvalue weighted by atomic mass is 79.9. The molecule has 0 radical (unpaired) electrons. The van der Waals surface area contributed by atoms with Gasteiger partial charge in [0, 0.05) is 6.07 Å². The van der Waals surface area contributed by atoms with Crippen molar-refractivity contribution in [2.24, 2.45) is 0 Å². The Hall–Kier alpha value is -1.13. The zero-order valence-electron chi connectivity index (χ0n) is 10.9. The molecule has 1 aromatic carbocycles. The highest BCUT2D eigenvalue weighted by molar-refractivity contribution is 9.10. The molecule has 3 nitrogen and oxygen atoms in total. The van der Waals surface area contributed by atoms with Crippen LogP contribution in [0, 0.1) is 0 Å². The molecule has 0 aliphatic carbocycles. The summed E-state index contributed by atoms with van der Waals surface area (Å²) in [6.45, 7) is 6.50. The highest BCUT2D eigenvalue weighted by Crippen LogP contribution is 2.33. The van der Waals surface area contributed by atoms with Gasteiger partial charge in [0.25, 0.3) is 0 Å². The van der Waals surface area contributed by atoms with Gasteiger partial charge in [-0.25, -0.2) is 0 Å². The maximum atomic E-state index is 5.68. The van der Waals surface area contributed by atoms with Crippen LogP contribution in [0.1, 0.15) is 26.3 Å². The molecule has 0 fully saturated rings. The van der Waals surface area contributed by atoms with Gasteiger partial charge in [-0.15, -0.1) is 10.2 Å². The third kappa shape index (κ3) is 3.67. The van der Waals surface area contributed by atoms with E-state index in [1.54, 1.807) is 12.1 Å². The summed E-state index contributed by atoms with van der Waals surface area (Å²) in [5.74, 6) is 1.11. The van der Waals surface area contributed by atoms with E-state index in [1.807, 2.05) is 12.1 Å². The van der Waals surface area contributed by atoms with Crippen molar-refractivity contribution >= 4 is 27.5 Å². The van der Waals surface area contributed by atoms with E-state index < -0.39 is 0 Å². The average Bonchev–Trinajstić information content (AvgIpc) is 2.33. The van der Waals surface area contributed by atoms with Crippen molar-refractivity contribution in [1.82, 2.24) is 10.2 Å². The van der Waals surface area contributed by atoms with Crippen LogP contribution in [0.15, 0.2) is 34.8 Å². The molecular weight excluding hydrogens is 328 g/mol. The Balaban J connectivity index is 2.24. The fraction of sp³-hybridized carbons (Fsp3) is 0.286. The van der Waals surface area contributed by atoms with E-state index in [2.05, 4.69) is 53.0 Å². The van der Waals surface area contributed by atoms with Gasteiger partial charge >= 0.3 is 0 Å². The Labute approximate surface area is 126 Å². The second-order valence-corrected chi connectivity index (χ2v) is 6.43. The molecule has 2 aromatic rings. The number of benzene rings is 1. The maximum absolute atomic E-state index is 5.68. The van der Waals surface area contributed by atoms with E-state index in [-0.39, 0.29) is 5.41 Å². The van der Waals surface area contributed by atoms with Crippen molar-refractivity contribution < 1.29 is 4.74 Å². The van der Waals surface area contributed by atoms with Crippen LogP contribution in [0.4, 0.5) is 0 Å². The van der Waals surface area contributed by atoms with Crippen molar-refractivity contribution in [2.45, 2.75) is 26.2 Å². The van der Waals surface area contributed by atoms with E-state index in [0.29, 0.717) is 16.8 Å². The molecule has 0 atom stereocenters. The number of ether oxygens (including phenoxy) is 1. The van der Waals surface area contributed by atoms with Crippen molar-refractivity contribution in [3.8, 4) is 11.6 Å². The number of aromatic nitrogens is 2. The first kappa shape index (κ1) is 14.3. The zero-order valence-corrected chi connectivity index (χ0v) is 13.3. The normalized spacial score (nSPS) is 11.4. The predicted molar refractivity (Wildman–Crippen MR) is 80.0 cm³/mol. The molecule has 0 N–H and O–H groups in total. The van der Waals surface area contributed by atoms with Crippen LogP contribution in [0.3, 0.4) is 0 Å². The molecule has 0 bridgehead atoms. The molecule has 2 rings (SSSR count). The van der Waals surface area contributed by atoms with Gasteiger partial charge in [0.2, 0.25) is 5.88 Å². The third-order valence-electron chi connectivity index (χ3n) is 2.62. The van der Waals surface area contributed by atoms with Crippen LogP contribution < -0.4 is 4.74 Å². The van der Waals surface area contributed by atoms with E-state index in [1.165, 1.54) is 5.56 Å². The number of rotatable bonds is 2. The van der Waals surface area contributed by atoms with Crippen molar-refractivity contribution in [1.29, 1.82) is 0 Å². The minimum Gasteiger partial charge on any atom is -0.436 e. The standard InChI is InChI=1S/C14H14BrClN2O/c1-14(2,3)9-4-5-11(10(15)8-9)19-13-7-6-12(16)17-18-13/h4-8H,1-3H3. The summed E-state index contributed by atoms with van der Waals surface area (Å²) in [4.78, 5) is 0. The first-order valence-corrected chi connectivity index (χ1v) is 7.00. The largest absolute Gasteiger partial charge is 0.436 e. The molecule has 1 heterocycles. The molecule has 0 saturated heterocycles. The number of halogens is 2. The third-order valence-corrected chi connectivity index (χ3v) is 3.44. The van der Waals surface area contributed by atoms with E-state index >= 15 is 0 Å². The zero-order chi connectivity index (χ0) is 14.0. The second kappa shape index (κ2) is 5.47. The molecular formula is C14H14BrClN2O. The number of hydrogen-bond acceptors (Lipinski definition) is 3. The van der Waals surface area contributed by atoms with Gasteiger partial charge in [-0.1, -0.05) is 38.4 Å². The summed E-state index contributed by atoms with van der Waals surface area (Å²) >= 11 is 9.19. The number of hydrogen-bond donors (Lipinski definition) is 0. The molecule has 0 spiro atoms. The topological polar surface area (TPSA) is 35.0 Å². The lowest BCUT2D eigenvalue weighted by molar-refractivity contribution is 0.451. The molecule has 0 unspecified atom stereocenters. The van der Waals surface area contributed by atoms with Gasteiger partial charge in [-0.05, 0) is 45.1 Å². The minimum absolute atomic E-state index is 0.0983. The molecule has 0 saturated carbocycles. The quantitative estimate of drug-likeness (QED) is 0.772. The summed E-state index contributed by atoms with van der Waals surface area (Å²) in [6.07, 6.45) is 0. The molecule has 19 heavy (non-hydrogen) atoms. The van der Waals surface area contributed by atoms with Crippen LogP contribution in [0.5, 0.6) is 11.6 Å². The second-order valence-electron chi connectivity index (χ2n) is 5.19. The van der Waals surface area contributed by atoms with E-state index in [4.69, 9.17) is 16.3 Å². The van der Waals surface area contributed by atoms with E-state index in [9.17, 15) is 0 Å². The minimum atomic E-state index is 0.0983. The lowest BCUT2D eigenvalue weighted by Gasteiger charge is -2.20. The Kier molecular flexibility index (Phi) is 4.11. The molecule has 5 heteroatoms. The van der Waals surface area contributed by atoms with Gasteiger partial charge in [0.15, 0.2) is 5.15 Å². The van der Waals surface area contributed by atoms with Crippen LogP contribution in [0.2, 0.25) is 5.15 Å². The molecule has 100 valence electrons. The van der Waals surface area contributed by atoms with Crippen molar-refractivity contribution in [3.05, 3.63) is 45.5 Å². The SMILES string of the molecule is CC(C)(C)c1ccc(Oc2ccc(Cl)nn2)c(Br)c1. The lowest BCUT2D eigenvalue weighted by atomic mass is 9.87. The molecule has 1 aromatic heterocycles. The first-order valence-electron chi connectivity index (χ1n) is 5.83. The van der Waals surface area contributed by atoms with Gasteiger partial charge in [-0.2, -0.15) is 0 Å². The Morgan fingerprint density at radius 2 is 1.84 bits per heavy atom. The van der Waals surface area contributed by atoms with Gasteiger partial charge in [0.05, 0.1) is 4.47 Å². The van der Waals surface area contributed by atoms with Crippen LogP contribution in [-0.4, -0.2) is 10.2 Å². The van der Waals surface area contributed by atoms with E-state index in [0.717, 1.165) is 4.47 Å². The van der Waals surface area contributed by atoms with Gasteiger partial charge in [0.1, 0.15) is 5.75 Å². The smallest absolute Gasteiger partial charge is 0.238 e. The highest BCUT2D eigenvalue weighted by Gasteiger charge is 2.15. The first-order chi connectivity index (χ1) is 8.86. The fourth-order valence-corrected chi connectivity index (χ4v) is 2.08. The van der Waals surface area contributed by atoms with Crippen molar-refractivity contribution in [2.75, 3.05) is 0 Å². The summed E-state index contributed by atoms with van der Waals surface area (Å²) < 4.78 is 6.54. The van der Waals surface area contributed by atoms with Gasteiger partial charge in [-0.3, -0.25) is 0 Å². The Morgan fingerprint density at radius 3 is 2.37 bits per heavy atom. The average molecular weight is 342 g/mol. The van der Waals surface area contributed by atoms with Crippen LogP contribution in [0.25, 0.3) is 0 Å². The van der Waals surface area contributed by atoms with Gasteiger partial charge < -0.3 is 4.74 Å². The van der Waals surface area contributed by atoms with Crippen molar-refractivity contribution in [3.63, 3.8) is 0 Å². The van der Waals surface area contributed by atoms with Crippen LogP contribution >= 0.6 is 27.5 Å². The summed E-state index contributed by atoms with van der Waals surface area (Å²) in [5.41, 5.74) is 1.33. The van der Waals surface area contributed by atoms with Crippen LogP contribution in [-0.2, 0) is 5.41 Å². The molecule has 0 aliphatic rings. The number of nitrogens with zero attached hydrogens (tertiary/aromatic N) is 2. The summed E-state index contributed by atoms with van der Waals surface area (Å²) in [7, 11) is 0.